The molecule has 0 aromatic carbocycles. The minimum Gasteiger partial charge on any atom is -0.446 e. The second kappa shape index (κ2) is 50.8. The quantitative estimate of drug-likeness (QED) is 0.0250. The van der Waals surface area contributed by atoms with Gasteiger partial charge in [0.1, 0.15) is 12.2 Å². The molecule has 25 heteroatoms. The van der Waals surface area contributed by atoms with Gasteiger partial charge in [-0.2, -0.15) is 0 Å². The van der Waals surface area contributed by atoms with E-state index in [4.69, 9.17) is 56.8 Å². The van der Waals surface area contributed by atoms with Gasteiger partial charge < -0.3 is 83.0 Å². The fraction of sp³-hybridized carbons (Fsp3) is 0.887. The third-order valence-electron chi connectivity index (χ3n) is 30.6. The minimum absolute atomic E-state index is 0.00932. The van der Waals surface area contributed by atoms with Crippen molar-refractivity contribution in [3.8, 4) is 0 Å². The predicted octanol–water partition coefficient (Wildman–Crippen LogP) is 15.1. The van der Waals surface area contributed by atoms with Gasteiger partial charge in [0.15, 0.2) is 0 Å². The van der Waals surface area contributed by atoms with Crippen LogP contribution < -0.4 is 21.3 Å². The Bertz CT molecular complexity index is 3090. The number of fused-ring (bicyclic) bond motifs is 10. The molecule has 25 nitrogen and oxygen atoms in total. The Kier molecular flexibility index (Phi) is 42.0. The summed E-state index contributed by atoms with van der Waals surface area (Å²) in [4.78, 5) is 93.0. The van der Waals surface area contributed by atoms with Crippen molar-refractivity contribution in [2.75, 3.05) is 178 Å². The molecule has 122 heavy (non-hydrogen) atoms. The average molecular weight is 1720 g/mol. The van der Waals surface area contributed by atoms with E-state index in [1.54, 1.807) is 4.90 Å². The average Bonchev–Trinajstić information content (AvgIpc) is 1.33. The minimum atomic E-state index is -0.426. The molecule has 9 aliphatic rings. The summed E-state index contributed by atoms with van der Waals surface area (Å²) in [5.74, 6) is 8.12. The van der Waals surface area contributed by atoms with Crippen LogP contribution in [0, 0.1) is 104 Å². The van der Waals surface area contributed by atoms with Gasteiger partial charge >= 0.3 is 12.2 Å². The number of ether oxygens (including phenoxy) is 12. The van der Waals surface area contributed by atoms with Crippen LogP contribution in [0.1, 0.15) is 257 Å². The summed E-state index contributed by atoms with van der Waals surface area (Å²) < 4.78 is 68.8. The van der Waals surface area contributed by atoms with Crippen LogP contribution in [-0.2, 0) is 80.8 Å². The molecule has 2 unspecified atom stereocenters. The van der Waals surface area contributed by atoms with Gasteiger partial charge in [-0.25, -0.2) is 9.59 Å². The number of nitrogens with one attached hydrogen (secondary N) is 4. The molecule has 1 aliphatic heterocycles. The molecule has 0 aromatic heterocycles. The van der Waals surface area contributed by atoms with Crippen molar-refractivity contribution in [1.82, 2.24) is 31.1 Å². The SMILES string of the molecule is CC(C)CCC[C@H](C)[C@@H]1CC[C@@H]2[C@H]3CC=C4CC(OC(=O)NCCOCCNC(=O)CCOCCOCCOCCOCCN(CCOCCOCCOCCOCCC(=O)NCCOCCNC(=O)O[C@@H]5CC[C@]6(C)C(=CC[C@@H]7[C@H]8CC[C@@H]([C@@H](C)CCCC(C)C)[C@]8(C)CC[C@H]76)C5)C(=O)CCN5C(=O)CC(C(C)(C)C)C5=O)CC[C@@]4(C)[C@@H]3CC[C@]21C. The monoisotopic (exact) mass is 1720 g/mol. The van der Waals surface area contributed by atoms with Gasteiger partial charge in [-0.05, 0) is 188 Å². The van der Waals surface area contributed by atoms with Gasteiger partial charge in [0.2, 0.25) is 29.5 Å². The highest BCUT2D eigenvalue weighted by atomic mass is 16.6. The molecule has 0 aromatic rings. The second-order valence-corrected chi connectivity index (χ2v) is 40.4. The Morgan fingerprint density at radius 1 is 0.434 bits per heavy atom. The third-order valence-corrected chi connectivity index (χ3v) is 30.6. The van der Waals surface area contributed by atoms with Crippen molar-refractivity contribution in [3.05, 3.63) is 23.3 Å². The summed E-state index contributed by atoms with van der Waals surface area (Å²) in [6, 6.07) is 0. The van der Waals surface area contributed by atoms with Crippen LogP contribution in [0.2, 0.25) is 0 Å². The van der Waals surface area contributed by atoms with E-state index in [0.717, 1.165) is 110 Å². The van der Waals surface area contributed by atoms with Crippen LogP contribution in [0.5, 0.6) is 0 Å². The van der Waals surface area contributed by atoms with Crippen molar-refractivity contribution < 1.29 is 90.4 Å². The van der Waals surface area contributed by atoms with E-state index in [2.05, 4.69) is 103 Å². The lowest BCUT2D eigenvalue weighted by molar-refractivity contribution is -0.141. The topological polar surface area (TPSA) is 285 Å². The number of amides is 7. The fourth-order valence-corrected chi connectivity index (χ4v) is 23.8. The lowest BCUT2D eigenvalue weighted by Gasteiger charge is -2.58. The first-order valence-electron chi connectivity index (χ1n) is 48.3. The molecule has 9 rings (SSSR count). The molecule has 4 N–H and O–H groups in total. The van der Waals surface area contributed by atoms with Crippen LogP contribution in [0.3, 0.4) is 0 Å². The van der Waals surface area contributed by atoms with Crippen molar-refractivity contribution in [2.24, 2.45) is 104 Å². The van der Waals surface area contributed by atoms with Crippen LogP contribution in [0.4, 0.5) is 9.59 Å². The van der Waals surface area contributed by atoms with Crippen LogP contribution in [0.15, 0.2) is 23.3 Å². The maximum Gasteiger partial charge on any atom is 0.407 e. The van der Waals surface area contributed by atoms with E-state index in [-0.39, 0.29) is 130 Å². The Hall–Kier alpha value is -4.83. The number of hydrogen-bond acceptors (Lipinski definition) is 19. The van der Waals surface area contributed by atoms with E-state index < -0.39 is 18.1 Å². The summed E-state index contributed by atoms with van der Waals surface area (Å²) in [6.45, 7) is 38.7. The highest BCUT2D eigenvalue weighted by Gasteiger charge is 2.61. The lowest BCUT2D eigenvalue weighted by atomic mass is 9.47. The summed E-state index contributed by atoms with van der Waals surface area (Å²) in [7, 11) is 0. The zero-order valence-electron chi connectivity index (χ0n) is 77.9. The number of nitrogens with zero attached hydrogens (tertiary/aromatic N) is 2. The lowest BCUT2D eigenvalue weighted by Crippen LogP contribution is -2.51. The highest BCUT2D eigenvalue weighted by molar-refractivity contribution is 6.04. The molecule has 7 amide bonds. The normalized spacial score (nSPS) is 29.1. The van der Waals surface area contributed by atoms with Crippen LogP contribution in [0.25, 0.3) is 0 Å². The maximum absolute atomic E-state index is 13.6. The Labute approximate surface area is 734 Å². The molecule has 0 bridgehead atoms. The first-order valence-corrected chi connectivity index (χ1v) is 48.3. The third kappa shape index (κ3) is 29.9. The van der Waals surface area contributed by atoms with Gasteiger partial charge in [-0.15, -0.1) is 0 Å². The molecule has 8 aliphatic carbocycles. The molecular formula is C97H166N6O19. The highest BCUT2D eigenvalue weighted by Crippen LogP contribution is 2.69. The molecule has 0 radical (unpaired) electrons. The van der Waals surface area contributed by atoms with E-state index in [1.165, 1.54) is 119 Å². The molecule has 1 saturated heterocycles. The van der Waals surface area contributed by atoms with Crippen LogP contribution in [-0.4, -0.2) is 242 Å². The predicted molar refractivity (Wildman–Crippen MR) is 472 cm³/mol. The Morgan fingerprint density at radius 3 is 1.18 bits per heavy atom. The van der Waals surface area contributed by atoms with Crippen LogP contribution >= 0.6 is 0 Å². The summed E-state index contributed by atoms with van der Waals surface area (Å²) >= 11 is 0. The number of carbonyl (C=O) groups excluding carboxylic acids is 7. The van der Waals surface area contributed by atoms with Gasteiger partial charge in [0.05, 0.1) is 138 Å². The summed E-state index contributed by atoms with van der Waals surface area (Å²) in [5.41, 5.74) is 4.00. The summed E-state index contributed by atoms with van der Waals surface area (Å²) in [5, 5.41) is 11.4. The molecule has 7 fully saturated rings. The van der Waals surface area contributed by atoms with Gasteiger partial charge in [-0.1, -0.05) is 152 Å². The number of likely N-dealkylation sites (tertiary alicyclic amines) is 1. The molecule has 6 saturated carbocycles. The zero-order valence-corrected chi connectivity index (χ0v) is 77.9. The second-order valence-electron chi connectivity index (χ2n) is 40.4. The first kappa shape index (κ1) is 101. The zero-order chi connectivity index (χ0) is 87.7. The van der Waals surface area contributed by atoms with E-state index in [1.807, 2.05) is 20.8 Å². The molecule has 17 atom stereocenters. The van der Waals surface area contributed by atoms with E-state index in [0.29, 0.717) is 143 Å². The molecule has 1 heterocycles. The summed E-state index contributed by atoms with van der Waals surface area (Å²) in [6.07, 6.45) is 31.7. The first-order chi connectivity index (χ1) is 58.5. The standard InChI is InChI=1S/C97H166N6O19/c1-69(2)16-14-18-71(5)79-24-26-81-77-22-20-73-66-75(28-35-94(73,10)83(77)30-37-96(79,81)12)121-91(109)100-41-50-113-48-39-98-86(104)33-46-111-54-58-117-62-64-119-60-56-115-52-44-102(88(106)32-43-103-89(107)68-85(90(103)108)93(7,8)9)45-53-116-57-61-120-65-63-118-59-55-112-47-34-87(105)99-40-49-114-51-42-101-92(110)122-76-29-36-95(11)74(67-76)21-23-78-82-27-25-80(72(6)19-15-17-70(3)4)97(82,13)38-31-84(78)95/h20-21,69-72,75-85H,14-19,22-68H2,1-13H3,(H,98,104)(H,99,105)(H,100,109)(H,101,110)/t71-,72-,75+,76?,77+,78+,79-,80-,81+,82+,83+,84+,85?,94+,95+,96-,97-/m0/s1. The van der Waals surface area contributed by atoms with Crippen molar-refractivity contribution in [2.45, 2.75) is 269 Å². The fourth-order valence-electron chi connectivity index (χ4n) is 23.8. The van der Waals surface area contributed by atoms with E-state index >= 15 is 0 Å². The molecular weight excluding hydrogens is 1550 g/mol. The Morgan fingerprint density at radius 2 is 0.803 bits per heavy atom. The Balaban J connectivity index is 0.517. The van der Waals surface area contributed by atoms with Crippen molar-refractivity contribution in [1.29, 1.82) is 0 Å². The number of imide groups is 1. The number of carbonyl (C=O) groups is 7. The number of alkyl carbamates (subject to hydrolysis) is 2. The maximum atomic E-state index is 13.6. The van der Waals surface area contributed by atoms with E-state index in [9.17, 15) is 33.6 Å². The number of hydrogen-bond donors (Lipinski definition) is 4. The molecule has 698 valence electrons. The van der Waals surface area contributed by atoms with Crippen molar-refractivity contribution >= 4 is 41.7 Å². The largest absolute Gasteiger partial charge is 0.446 e. The molecule has 0 spiro atoms. The van der Waals surface area contributed by atoms with Gasteiger partial charge in [0, 0.05) is 84.3 Å². The van der Waals surface area contributed by atoms with Gasteiger partial charge in [0.25, 0.3) is 0 Å². The van der Waals surface area contributed by atoms with Gasteiger partial charge in [-0.3, -0.25) is 28.9 Å². The van der Waals surface area contributed by atoms with Crippen molar-refractivity contribution in [3.63, 3.8) is 0 Å². The smallest absolute Gasteiger partial charge is 0.407 e. The number of rotatable bonds is 57. The number of allylic oxidation sites excluding steroid dienone is 2.